The number of hydrogen-bond acceptors (Lipinski definition) is 3. The van der Waals surface area contributed by atoms with Crippen molar-refractivity contribution < 1.29 is 9.47 Å². The smallest absolute Gasteiger partial charge is 0.126 e. The number of methoxy groups -OCH3 is 2. The van der Waals surface area contributed by atoms with Crippen molar-refractivity contribution in [3.8, 4) is 11.5 Å². The molecular formula is C14H16N2O2. The fraction of sp³-hybridized carbons (Fsp3) is 0.357. The molecule has 3 rings (SSSR count). The van der Waals surface area contributed by atoms with Crippen molar-refractivity contribution in [3.63, 3.8) is 0 Å². The van der Waals surface area contributed by atoms with Gasteiger partial charge >= 0.3 is 0 Å². The minimum Gasteiger partial charge on any atom is -0.497 e. The number of hydrogen-bond donors (Lipinski definition) is 1. The molecule has 1 aliphatic rings. The van der Waals surface area contributed by atoms with Crippen LogP contribution in [0.15, 0.2) is 24.7 Å². The Morgan fingerprint density at radius 3 is 2.83 bits per heavy atom. The molecule has 0 spiro atoms. The van der Waals surface area contributed by atoms with Gasteiger partial charge < -0.3 is 14.5 Å². The molecule has 0 aliphatic heterocycles. The lowest BCUT2D eigenvalue weighted by atomic mass is 9.97. The molecule has 1 atom stereocenters. The summed E-state index contributed by atoms with van der Waals surface area (Å²) in [6, 6.07) is 4.06. The summed E-state index contributed by atoms with van der Waals surface area (Å²) < 4.78 is 10.8. The number of aryl methyl sites for hydroxylation is 1. The molecule has 0 saturated heterocycles. The Balaban J connectivity index is 2.10. The van der Waals surface area contributed by atoms with Crippen molar-refractivity contribution in [3.05, 3.63) is 41.5 Å². The number of nitrogens with one attached hydrogen (secondary N) is 1. The fourth-order valence-electron chi connectivity index (χ4n) is 2.76. The molecule has 2 aromatic rings. The average molecular weight is 244 g/mol. The minimum absolute atomic E-state index is 0.350. The van der Waals surface area contributed by atoms with E-state index in [2.05, 4.69) is 16.0 Å². The van der Waals surface area contributed by atoms with Crippen LogP contribution in [0.2, 0.25) is 0 Å². The molecule has 4 nitrogen and oxygen atoms in total. The number of benzene rings is 1. The van der Waals surface area contributed by atoms with Gasteiger partial charge in [0, 0.05) is 29.4 Å². The quantitative estimate of drug-likeness (QED) is 0.902. The zero-order valence-electron chi connectivity index (χ0n) is 10.6. The van der Waals surface area contributed by atoms with Crippen LogP contribution in [0.1, 0.15) is 29.2 Å². The zero-order valence-corrected chi connectivity index (χ0v) is 10.6. The Morgan fingerprint density at radius 1 is 1.28 bits per heavy atom. The van der Waals surface area contributed by atoms with Gasteiger partial charge in [0.25, 0.3) is 0 Å². The minimum atomic E-state index is 0.350. The standard InChI is InChI=1S/C14H16N2O2/c1-17-10-5-9-3-4-11(12-7-15-8-16-12)14(9)13(6-10)18-2/h5-8,11H,3-4H2,1-2H3,(H,15,16). The van der Waals surface area contributed by atoms with Gasteiger partial charge in [-0.05, 0) is 24.5 Å². The number of aromatic nitrogens is 2. The lowest BCUT2D eigenvalue weighted by molar-refractivity contribution is 0.390. The first-order valence-corrected chi connectivity index (χ1v) is 6.06. The molecule has 0 amide bonds. The van der Waals surface area contributed by atoms with Crippen LogP contribution < -0.4 is 9.47 Å². The summed E-state index contributed by atoms with van der Waals surface area (Å²) in [7, 11) is 3.39. The van der Waals surface area contributed by atoms with Gasteiger partial charge in [-0.3, -0.25) is 0 Å². The Bertz CT molecular complexity index is 549. The summed E-state index contributed by atoms with van der Waals surface area (Å²) in [4.78, 5) is 7.31. The molecule has 18 heavy (non-hydrogen) atoms. The monoisotopic (exact) mass is 244 g/mol. The summed E-state index contributed by atoms with van der Waals surface area (Å²) in [5, 5.41) is 0. The van der Waals surface area contributed by atoms with Crippen LogP contribution in [0.3, 0.4) is 0 Å². The SMILES string of the molecule is COc1cc2c(c(OC)c1)C(c1cnc[nH]1)CC2. The van der Waals surface area contributed by atoms with E-state index in [0.29, 0.717) is 5.92 Å². The third kappa shape index (κ3) is 1.65. The molecule has 1 aromatic heterocycles. The molecule has 1 N–H and O–H groups in total. The Kier molecular flexibility index (Phi) is 2.70. The second-order valence-corrected chi connectivity index (χ2v) is 4.50. The average Bonchev–Trinajstić information content (AvgIpc) is 3.05. The van der Waals surface area contributed by atoms with Crippen LogP contribution in [-0.4, -0.2) is 24.2 Å². The summed E-state index contributed by atoms with van der Waals surface area (Å²) in [5.41, 5.74) is 3.73. The van der Waals surface area contributed by atoms with Gasteiger partial charge in [0.2, 0.25) is 0 Å². The van der Waals surface area contributed by atoms with Crippen LogP contribution in [-0.2, 0) is 6.42 Å². The summed E-state index contributed by atoms with van der Waals surface area (Å²) in [5.74, 6) is 2.11. The van der Waals surface area contributed by atoms with Crippen LogP contribution in [0.4, 0.5) is 0 Å². The van der Waals surface area contributed by atoms with Crippen LogP contribution in [0.5, 0.6) is 11.5 Å². The highest BCUT2D eigenvalue weighted by Gasteiger charge is 2.29. The molecule has 0 radical (unpaired) electrons. The maximum Gasteiger partial charge on any atom is 0.126 e. The topological polar surface area (TPSA) is 47.1 Å². The van der Waals surface area contributed by atoms with Crippen molar-refractivity contribution in [2.75, 3.05) is 14.2 Å². The molecular weight excluding hydrogens is 228 g/mol. The number of rotatable bonds is 3. The predicted octanol–water partition coefficient (Wildman–Crippen LogP) is 2.51. The number of fused-ring (bicyclic) bond motifs is 1. The van der Waals surface area contributed by atoms with Gasteiger partial charge in [-0.25, -0.2) is 4.98 Å². The molecule has 0 fully saturated rings. The molecule has 1 aromatic carbocycles. The molecule has 4 heteroatoms. The normalized spacial score (nSPS) is 17.6. The van der Waals surface area contributed by atoms with E-state index < -0.39 is 0 Å². The highest BCUT2D eigenvalue weighted by atomic mass is 16.5. The number of ether oxygens (including phenoxy) is 2. The molecule has 0 bridgehead atoms. The van der Waals surface area contributed by atoms with E-state index in [0.717, 1.165) is 30.0 Å². The maximum atomic E-state index is 5.51. The predicted molar refractivity (Wildman–Crippen MR) is 68.3 cm³/mol. The van der Waals surface area contributed by atoms with E-state index in [4.69, 9.17) is 9.47 Å². The third-order valence-electron chi connectivity index (χ3n) is 3.60. The Morgan fingerprint density at radius 2 is 2.17 bits per heavy atom. The summed E-state index contributed by atoms with van der Waals surface area (Å²) >= 11 is 0. The van der Waals surface area contributed by atoms with E-state index in [1.807, 2.05) is 12.3 Å². The molecule has 1 unspecified atom stereocenters. The zero-order chi connectivity index (χ0) is 12.5. The first kappa shape index (κ1) is 11.1. The van der Waals surface area contributed by atoms with E-state index in [1.165, 1.54) is 11.1 Å². The lowest BCUT2D eigenvalue weighted by Gasteiger charge is -2.15. The maximum absolute atomic E-state index is 5.51. The second-order valence-electron chi connectivity index (χ2n) is 4.50. The van der Waals surface area contributed by atoms with Crippen molar-refractivity contribution in [2.24, 2.45) is 0 Å². The van der Waals surface area contributed by atoms with E-state index in [9.17, 15) is 0 Å². The van der Waals surface area contributed by atoms with Gasteiger partial charge in [-0.15, -0.1) is 0 Å². The number of imidazole rings is 1. The number of aromatic amines is 1. The van der Waals surface area contributed by atoms with Gasteiger partial charge in [0.1, 0.15) is 11.5 Å². The molecule has 0 saturated carbocycles. The Labute approximate surface area is 106 Å². The van der Waals surface area contributed by atoms with Crippen molar-refractivity contribution in [1.82, 2.24) is 9.97 Å². The van der Waals surface area contributed by atoms with Gasteiger partial charge in [0.05, 0.1) is 20.5 Å². The first-order valence-electron chi connectivity index (χ1n) is 6.06. The van der Waals surface area contributed by atoms with Crippen LogP contribution >= 0.6 is 0 Å². The lowest BCUT2D eigenvalue weighted by Crippen LogP contribution is -2.00. The third-order valence-corrected chi connectivity index (χ3v) is 3.60. The highest BCUT2D eigenvalue weighted by molar-refractivity contribution is 5.53. The number of nitrogens with zero attached hydrogens (tertiary/aromatic N) is 1. The van der Waals surface area contributed by atoms with Crippen molar-refractivity contribution in [1.29, 1.82) is 0 Å². The molecule has 1 heterocycles. The van der Waals surface area contributed by atoms with Gasteiger partial charge in [-0.2, -0.15) is 0 Å². The molecule has 1 aliphatic carbocycles. The molecule has 94 valence electrons. The van der Waals surface area contributed by atoms with E-state index in [-0.39, 0.29) is 0 Å². The van der Waals surface area contributed by atoms with Gasteiger partial charge in [-0.1, -0.05) is 0 Å². The largest absolute Gasteiger partial charge is 0.497 e. The summed E-state index contributed by atoms with van der Waals surface area (Å²) in [6.07, 6.45) is 5.75. The second kappa shape index (κ2) is 4.37. The van der Waals surface area contributed by atoms with Crippen LogP contribution in [0, 0.1) is 0 Å². The first-order chi connectivity index (χ1) is 8.83. The van der Waals surface area contributed by atoms with Gasteiger partial charge in [0.15, 0.2) is 0 Å². The van der Waals surface area contributed by atoms with E-state index in [1.54, 1.807) is 20.5 Å². The summed E-state index contributed by atoms with van der Waals surface area (Å²) in [6.45, 7) is 0. The fourth-order valence-corrected chi connectivity index (χ4v) is 2.76. The van der Waals surface area contributed by atoms with Crippen molar-refractivity contribution in [2.45, 2.75) is 18.8 Å². The Hall–Kier alpha value is -1.97. The van der Waals surface area contributed by atoms with Crippen molar-refractivity contribution >= 4 is 0 Å². The highest BCUT2D eigenvalue weighted by Crippen LogP contribution is 2.44. The van der Waals surface area contributed by atoms with E-state index >= 15 is 0 Å². The van der Waals surface area contributed by atoms with Crippen LogP contribution in [0.25, 0.3) is 0 Å². The number of H-pyrrole nitrogens is 1.